The van der Waals surface area contributed by atoms with Crippen molar-refractivity contribution in [2.24, 2.45) is 0 Å². The van der Waals surface area contributed by atoms with E-state index < -0.39 is 11.2 Å². The molecule has 144 valence electrons. The fourth-order valence-electron chi connectivity index (χ4n) is 2.58. The number of carbonyl (C=O) groups is 2. The van der Waals surface area contributed by atoms with Gasteiger partial charge >= 0.3 is 5.97 Å². The highest BCUT2D eigenvalue weighted by atomic mass is 35.5. The lowest BCUT2D eigenvalue weighted by atomic mass is 10.1. The Morgan fingerprint density at radius 2 is 1.33 bits per heavy atom. The molecule has 4 nitrogen and oxygen atoms in total. The third-order valence-corrected chi connectivity index (χ3v) is 4.37. The second kappa shape index (κ2) is 11.4. The molecule has 0 aliphatic rings. The van der Waals surface area contributed by atoms with Crippen LogP contribution in [0.15, 0.2) is 48.5 Å². The molecule has 0 amide bonds. The number of halogens is 1. The Balaban J connectivity index is 1.76. The number of carbonyl (C=O) groups excluding carboxylic acids is 2. The van der Waals surface area contributed by atoms with E-state index in [0.29, 0.717) is 23.5 Å². The molecule has 2 aromatic rings. The Bertz CT molecular complexity index is 723. The van der Waals surface area contributed by atoms with Gasteiger partial charge in [-0.1, -0.05) is 39.0 Å². The summed E-state index contributed by atoms with van der Waals surface area (Å²) >= 11 is 5.39. The van der Waals surface area contributed by atoms with Crippen molar-refractivity contribution in [1.29, 1.82) is 0 Å². The molecule has 0 saturated carbocycles. The van der Waals surface area contributed by atoms with Crippen LogP contribution < -0.4 is 9.47 Å². The van der Waals surface area contributed by atoms with Gasteiger partial charge in [-0.15, -0.1) is 0 Å². The molecule has 0 spiro atoms. The molecule has 0 aromatic heterocycles. The van der Waals surface area contributed by atoms with Crippen LogP contribution in [0.25, 0.3) is 0 Å². The Morgan fingerprint density at radius 3 is 1.96 bits per heavy atom. The van der Waals surface area contributed by atoms with Crippen LogP contribution in [-0.4, -0.2) is 17.8 Å². The maximum absolute atomic E-state index is 12.2. The predicted molar refractivity (Wildman–Crippen MR) is 107 cm³/mol. The quantitative estimate of drug-likeness (QED) is 0.204. The first-order valence-corrected chi connectivity index (χ1v) is 9.73. The Labute approximate surface area is 165 Å². The summed E-state index contributed by atoms with van der Waals surface area (Å²) in [7, 11) is 0. The lowest BCUT2D eigenvalue weighted by Crippen LogP contribution is -2.08. The monoisotopic (exact) mass is 388 g/mol. The Morgan fingerprint density at radius 1 is 0.778 bits per heavy atom. The van der Waals surface area contributed by atoms with E-state index in [1.807, 2.05) is 0 Å². The average Bonchev–Trinajstić information content (AvgIpc) is 2.68. The van der Waals surface area contributed by atoms with Gasteiger partial charge in [0, 0.05) is 5.56 Å². The van der Waals surface area contributed by atoms with E-state index >= 15 is 0 Å². The molecule has 0 aliphatic heterocycles. The second-order valence-corrected chi connectivity index (χ2v) is 6.67. The lowest BCUT2D eigenvalue weighted by Gasteiger charge is -2.08. The summed E-state index contributed by atoms with van der Waals surface area (Å²) in [6.45, 7) is 2.89. The van der Waals surface area contributed by atoms with Gasteiger partial charge in [0.25, 0.3) is 5.24 Å². The van der Waals surface area contributed by atoms with Crippen LogP contribution in [0.2, 0.25) is 0 Å². The van der Waals surface area contributed by atoms with Gasteiger partial charge in [0.1, 0.15) is 11.5 Å². The second-order valence-electron chi connectivity index (χ2n) is 6.33. The molecule has 2 aromatic carbocycles. The molecule has 0 fully saturated rings. The van der Waals surface area contributed by atoms with Crippen molar-refractivity contribution in [3.8, 4) is 11.5 Å². The summed E-state index contributed by atoms with van der Waals surface area (Å²) < 4.78 is 11.0. The first kappa shape index (κ1) is 21.0. The van der Waals surface area contributed by atoms with Gasteiger partial charge in [0.2, 0.25) is 0 Å². The van der Waals surface area contributed by atoms with Crippen molar-refractivity contribution in [2.75, 3.05) is 6.61 Å². The van der Waals surface area contributed by atoms with E-state index in [2.05, 4.69) is 6.92 Å². The predicted octanol–water partition coefficient (Wildman–Crippen LogP) is 6.02. The largest absolute Gasteiger partial charge is 0.494 e. The molecule has 27 heavy (non-hydrogen) atoms. The molecule has 0 unspecified atom stereocenters. The van der Waals surface area contributed by atoms with Crippen molar-refractivity contribution < 1.29 is 19.1 Å². The van der Waals surface area contributed by atoms with Crippen LogP contribution in [0, 0.1) is 0 Å². The molecule has 0 aliphatic carbocycles. The van der Waals surface area contributed by atoms with E-state index in [4.69, 9.17) is 21.1 Å². The summed E-state index contributed by atoms with van der Waals surface area (Å²) in [5.41, 5.74) is 0.780. The van der Waals surface area contributed by atoms with Crippen LogP contribution >= 0.6 is 11.6 Å². The maximum Gasteiger partial charge on any atom is 0.343 e. The highest BCUT2D eigenvalue weighted by Gasteiger charge is 2.09. The van der Waals surface area contributed by atoms with Crippen LogP contribution in [-0.2, 0) is 0 Å². The lowest BCUT2D eigenvalue weighted by molar-refractivity contribution is 0.0734. The number of hydrogen-bond acceptors (Lipinski definition) is 4. The van der Waals surface area contributed by atoms with E-state index in [0.717, 1.165) is 12.2 Å². The van der Waals surface area contributed by atoms with E-state index in [1.165, 1.54) is 56.4 Å². The normalized spacial score (nSPS) is 10.4. The third kappa shape index (κ3) is 7.43. The van der Waals surface area contributed by atoms with Crippen molar-refractivity contribution in [1.82, 2.24) is 0 Å². The van der Waals surface area contributed by atoms with Crippen molar-refractivity contribution in [3.05, 3.63) is 59.7 Å². The summed E-state index contributed by atoms with van der Waals surface area (Å²) in [4.78, 5) is 23.2. The highest BCUT2D eigenvalue weighted by molar-refractivity contribution is 6.67. The van der Waals surface area contributed by atoms with Crippen LogP contribution in [0.3, 0.4) is 0 Å². The number of benzene rings is 2. The van der Waals surface area contributed by atoms with Crippen LogP contribution in [0.4, 0.5) is 0 Å². The van der Waals surface area contributed by atoms with Crippen LogP contribution in [0.1, 0.15) is 66.2 Å². The van der Waals surface area contributed by atoms with Gasteiger partial charge in [0.15, 0.2) is 0 Å². The Kier molecular flexibility index (Phi) is 8.85. The minimum absolute atomic E-state index is 0.350. The Hall–Kier alpha value is -2.33. The number of rotatable bonds is 11. The van der Waals surface area contributed by atoms with Gasteiger partial charge < -0.3 is 9.47 Å². The SMILES string of the molecule is CCCCCCCCOc1ccc(C(=O)Oc2ccc(C(=O)Cl)cc2)cc1. The average molecular weight is 389 g/mol. The summed E-state index contributed by atoms with van der Waals surface area (Å²) in [6, 6.07) is 13.0. The molecule has 0 saturated heterocycles. The summed E-state index contributed by atoms with van der Waals surface area (Å²) in [5.74, 6) is 0.623. The number of esters is 1. The van der Waals surface area contributed by atoms with E-state index in [1.54, 1.807) is 24.3 Å². The van der Waals surface area contributed by atoms with Gasteiger partial charge in [0.05, 0.1) is 12.2 Å². The highest BCUT2D eigenvalue weighted by Crippen LogP contribution is 2.18. The first-order valence-electron chi connectivity index (χ1n) is 9.35. The van der Waals surface area contributed by atoms with Gasteiger partial charge in [-0.05, 0) is 66.6 Å². The van der Waals surface area contributed by atoms with Crippen molar-refractivity contribution >= 4 is 22.8 Å². The zero-order valence-corrected chi connectivity index (χ0v) is 16.3. The van der Waals surface area contributed by atoms with E-state index in [9.17, 15) is 9.59 Å². The van der Waals surface area contributed by atoms with Gasteiger partial charge in [-0.3, -0.25) is 4.79 Å². The standard InChI is InChI=1S/C22H25ClO4/c1-2-3-4-5-6-7-16-26-19-12-10-18(11-13-19)22(25)27-20-14-8-17(9-15-20)21(23)24/h8-15H,2-7,16H2,1H3. The molecule has 0 heterocycles. The van der Waals surface area contributed by atoms with Gasteiger partial charge in [-0.25, -0.2) is 4.79 Å². The zero-order chi connectivity index (χ0) is 19.5. The van der Waals surface area contributed by atoms with Crippen molar-refractivity contribution in [3.63, 3.8) is 0 Å². The molecule has 0 atom stereocenters. The minimum Gasteiger partial charge on any atom is -0.494 e. The molecule has 0 radical (unpaired) electrons. The van der Waals surface area contributed by atoms with Crippen LogP contribution in [0.5, 0.6) is 11.5 Å². The van der Waals surface area contributed by atoms with E-state index in [-0.39, 0.29) is 0 Å². The number of ether oxygens (including phenoxy) is 2. The topological polar surface area (TPSA) is 52.6 Å². The maximum atomic E-state index is 12.2. The van der Waals surface area contributed by atoms with Gasteiger partial charge in [-0.2, -0.15) is 0 Å². The molecule has 0 bridgehead atoms. The smallest absolute Gasteiger partial charge is 0.343 e. The fourth-order valence-corrected chi connectivity index (χ4v) is 2.71. The summed E-state index contributed by atoms with van der Waals surface area (Å²) in [6.07, 6.45) is 7.31. The zero-order valence-electron chi connectivity index (χ0n) is 15.6. The third-order valence-electron chi connectivity index (χ3n) is 4.15. The number of hydrogen-bond donors (Lipinski definition) is 0. The van der Waals surface area contributed by atoms with Crippen molar-refractivity contribution in [2.45, 2.75) is 45.4 Å². The number of unbranched alkanes of at least 4 members (excludes halogenated alkanes) is 5. The molecular formula is C22H25ClO4. The molecule has 0 N–H and O–H groups in total. The minimum atomic E-state index is -0.551. The first-order chi connectivity index (χ1) is 13.1. The molecule has 2 rings (SSSR count). The summed E-state index contributed by atoms with van der Waals surface area (Å²) in [5, 5.41) is -0.551. The fraction of sp³-hybridized carbons (Fsp3) is 0.364. The molecule has 5 heteroatoms. The molecular weight excluding hydrogens is 364 g/mol.